The highest BCUT2D eigenvalue weighted by atomic mass is 15.0. The molecule has 0 saturated heterocycles. The molecule has 0 aliphatic rings. The van der Waals surface area contributed by atoms with E-state index in [9.17, 15) is 0 Å². The van der Waals surface area contributed by atoms with Crippen molar-refractivity contribution < 1.29 is 0 Å². The summed E-state index contributed by atoms with van der Waals surface area (Å²) in [6.45, 7) is 0. The Balaban J connectivity index is 1.29. The Kier molecular flexibility index (Phi) is 6.07. The molecule has 0 radical (unpaired) electrons. The summed E-state index contributed by atoms with van der Waals surface area (Å²) in [5.74, 6) is 2.67. The average molecular weight is 514 g/mol. The van der Waals surface area contributed by atoms with Gasteiger partial charge in [0.2, 0.25) is 0 Å². The van der Waals surface area contributed by atoms with Crippen molar-refractivity contribution >= 4 is 10.8 Å². The second-order valence-corrected chi connectivity index (χ2v) is 9.46. The van der Waals surface area contributed by atoms with Gasteiger partial charge in [0, 0.05) is 34.6 Å². The van der Waals surface area contributed by atoms with E-state index in [1.807, 2.05) is 66.7 Å². The Labute approximate surface area is 231 Å². The number of nitrogens with zero attached hydrogens (tertiary/aromatic N) is 5. The van der Waals surface area contributed by atoms with Gasteiger partial charge in [0.1, 0.15) is 0 Å². The number of rotatable bonds is 5. The molecular formula is C35H23N5. The van der Waals surface area contributed by atoms with Gasteiger partial charge in [-0.1, -0.05) is 109 Å². The van der Waals surface area contributed by atoms with Crippen LogP contribution in [0.3, 0.4) is 0 Å². The minimum atomic E-state index is 0.646. The summed E-state index contributed by atoms with van der Waals surface area (Å²) in [5.41, 5.74) is 6.11. The van der Waals surface area contributed by atoms with Gasteiger partial charge < -0.3 is 0 Å². The lowest BCUT2D eigenvalue weighted by Gasteiger charge is -2.10. The fourth-order valence-electron chi connectivity index (χ4n) is 4.76. The molecule has 0 atom stereocenters. The summed E-state index contributed by atoms with van der Waals surface area (Å²) >= 11 is 0. The Hall–Kier alpha value is -5.55. The van der Waals surface area contributed by atoms with Crippen LogP contribution in [0.5, 0.6) is 0 Å². The predicted molar refractivity (Wildman–Crippen MR) is 160 cm³/mol. The standard InChI is InChI=1S/C35H23N5/c1-3-8-26(9-4-1)33-38-34(27-10-5-2-6-11-27)40-35(39-33)30-19-15-25-14-18-29(22-31(25)23-30)24-12-16-28(17-13-24)32-36-20-7-21-37-32/h1-23H. The third kappa shape index (κ3) is 4.72. The van der Waals surface area contributed by atoms with Crippen LogP contribution in [0.1, 0.15) is 0 Å². The molecule has 0 saturated carbocycles. The molecule has 0 amide bonds. The Morgan fingerprint density at radius 1 is 0.300 bits per heavy atom. The SMILES string of the molecule is c1ccc(-c2nc(-c3ccccc3)nc(-c3ccc4ccc(-c5ccc(-c6ncccn6)cc5)cc4c3)n2)cc1. The van der Waals surface area contributed by atoms with E-state index in [0.29, 0.717) is 17.5 Å². The summed E-state index contributed by atoms with van der Waals surface area (Å²) in [4.78, 5) is 23.3. The lowest BCUT2D eigenvalue weighted by Crippen LogP contribution is -2.00. The summed E-state index contributed by atoms with van der Waals surface area (Å²) in [6.07, 6.45) is 3.52. The molecule has 5 aromatic carbocycles. The second-order valence-electron chi connectivity index (χ2n) is 9.46. The molecule has 2 aromatic heterocycles. The number of benzene rings is 5. The zero-order chi connectivity index (χ0) is 26.7. The molecule has 5 nitrogen and oxygen atoms in total. The number of hydrogen-bond acceptors (Lipinski definition) is 5. The Morgan fingerprint density at radius 2 is 0.750 bits per heavy atom. The van der Waals surface area contributed by atoms with Crippen molar-refractivity contribution in [1.29, 1.82) is 0 Å². The topological polar surface area (TPSA) is 64.5 Å². The van der Waals surface area contributed by atoms with Gasteiger partial charge in [0.25, 0.3) is 0 Å². The van der Waals surface area contributed by atoms with Crippen LogP contribution in [-0.4, -0.2) is 24.9 Å². The molecule has 0 bridgehead atoms. The van der Waals surface area contributed by atoms with Gasteiger partial charge >= 0.3 is 0 Å². The van der Waals surface area contributed by atoms with Crippen molar-refractivity contribution in [1.82, 2.24) is 24.9 Å². The Bertz CT molecular complexity index is 1860. The molecule has 7 aromatic rings. The second kappa shape index (κ2) is 10.3. The van der Waals surface area contributed by atoms with Gasteiger partial charge in [-0.15, -0.1) is 0 Å². The van der Waals surface area contributed by atoms with Crippen LogP contribution >= 0.6 is 0 Å². The van der Waals surface area contributed by atoms with Crippen molar-refractivity contribution in [3.8, 4) is 56.7 Å². The van der Waals surface area contributed by atoms with Crippen LogP contribution in [0.4, 0.5) is 0 Å². The van der Waals surface area contributed by atoms with E-state index in [1.54, 1.807) is 12.4 Å². The van der Waals surface area contributed by atoms with E-state index in [4.69, 9.17) is 15.0 Å². The first-order valence-corrected chi connectivity index (χ1v) is 13.1. The van der Waals surface area contributed by atoms with Gasteiger partial charge in [-0.2, -0.15) is 0 Å². The summed E-state index contributed by atoms with van der Waals surface area (Å²) < 4.78 is 0. The van der Waals surface area contributed by atoms with E-state index in [-0.39, 0.29) is 0 Å². The first-order valence-electron chi connectivity index (χ1n) is 13.1. The fourth-order valence-corrected chi connectivity index (χ4v) is 4.76. The number of aromatic nitrogens is 5. The molecule has 2 heterocycles. The van der Waals surface area contributed by atoms with Crippen LogP contribution in [0, 0.1) is 0 Å². The first kappa shape index (κ1) is 23.6. The largest absolute Gasteiger partial charge is 0.237 e. The van der Waals surface area contributed by atoms with E-state index < -0.39 is 0 Å². The monoisotopic (exact) mass is 513 g/mol. The zero-order valence-electron chi connectivity index (χ0n) is 21.5. The minimum absolute atomic E-state index is 0.646. The lowest BCUT2D eigenvalue weighted by molar-refractivity contribution is 1.07. The van der Waals surface area contributed by atoms with Crippen LogP contribution < -0.4 is 0 Å². The molecule has 40 heavy (non-hydrogen) atoms. The van der Waals surface area contributed by atoms with Crippen LogP contribution in [0.2, 0.25) is 0 Å². The Morgan fingerprint density at radius 3 is 1.35 bits per heavy atom. The highest BCUT2D eigenvalue weighted by molar-refractivity contribution is 5.90. The van der Waals surface area contributed by atoms with E-state index in [2.05, 4.69) is 70.6 Å². The lowest BCUT2D eigenvalue weighted by atomic mass is 9.99. The molecule has 0 aliphatic carbocycles. The molecule has 0 N–H and O–H groups in total. The van der Waals surface area contributed by atoms with Crippen molar-refractivity contribution in [2.24, 2.45) is 0 Å². The summed E-state index contributed by atoms with van der Waals surface area (Å²) in [6, 6.07) is 43.1. The average Bonchev–Trinajstić information content (AvgIpc) is 3.05. The molecule has 0 spiro atoms. The molecule has 5 heteroatoms. The highest BCUT2D eigenvalue weighted by Gasteiger charge is 2.13. The van der Waals surface area contributed by atoms with E-state index in [0.717, 1.165) is 50.0 Å². The highest BCUT2D eigenvalue weighted by Crippen LogP contribution is 2.30. The smallest absolute Gasteiger partial charge is 0.164 e. The quantitative estimate of drug-likeness (QED) is 0.232. The van der Waals surface area contributed by atoms with Crippen molar-refractivity contribution in [2.75, 3.05) is 0 Å². The first-order chi connectivity index (χ1) is 19.8. The van der Waals surface area contributed by atoms with Gasteiger partial charge in [-0.3, -0.25) is 0 Å². The van der Waals surface area contributed by atoms with Crippen molar-refractivity contribution in [3.05, 3.63) is 140 Å². The maximum absolute atomic E-state index is 4.89. The number of fused-ring (bicyclic) bond motifs is 1. The summed E-state index contributed by atoms with van der Waals surface area (Å²) in [7, 11) is 0. The normalized spacial score (nSPS) is 11.0. The number of hydrogen-bond donors (Lipinski definition) is 0. The third-order valence-corrected chi connectivity index (χ3v) is 6.84. The molecule has 188 valence electrons. The van der Waals surface area contributed by atoms with Crippen LogP contribution in [-0.2, 0) is 0 Å². The van der Waals surface area contributed by atoms with Gasteiger partial charge in [-0.25, -0.2) is 24.9 Å². The maximum atomic E-state index is 4.89. The van der Waals surface area contributed by atoms with Gasteiger partial charge in [0.15, 0.2) is 23.3 Å². The zero-order valence-corrected chi connectivity index (χ0v) is 21.5. The maximum Gasteiger partial charge on any atom is 0.164 e. The van der Waals surface area contributed by atoms with Gasteiger partial charge in [0.05, 0.1) is 0 Å². The van der Waals surface area contributed by atoms with Gasteiger partial charge in [-0.05, 0) is 40.1 Å². The van der Waals surface area contributed by atoms with Crippen molar-refractivity contribution in [3.63, 3.8) is 0 Å². The van der Waals surface area contributed by atoms with Crippen LogP contribution in [0.15, 0.2) is 140 Å². The molecule has 0 unspecified atom stereocenters. The molecule has 0 fully saturated rings. The minimum Gasteiger partial charge on any atom is -0.237 e. The summed E-state index contributed by atoms with van der Waals surface area (Å²) in [5, 5.41) is 2.27. The third-order valence-electron chi connectivity index (χ3n) is 6.84. The molecular weight excluding hydrogens is 490 g/mol. The van der Waals surface area contributed by atoms with E-state index in [1.165, 1.54) is 0 Å². The van der Waals surface area contributed by atoms with Crippen molar-refractivity contribution in [2.45, 2.75) is 0 Å². The molecule has 0 aliphatic heterocycles. The molecule has 7 rings (SSSR count). The van der Waals surface area contributed by atoms with E-state index >= 15 is 0 Å². The fraction of sp³-hybridized carbons (Fsp3) is 0. The van der Waals surface area contributed by atoms with Crippen LogP contribution in [0.25, 0.3) is 67.5 Å². The predicted octanol–water partition coefficient (Wildman–Crippen LogP) is 8.15.